The fourth-order valence-electron chi connectivity index (χ4n) is 3.38. The van der Waals surface area contributed by atoms with Gasteiger partial charge in [0.2, 0.25) is 16.0 Å². The maximum absolute atomic E-state index is 12.3. The van der Waals surface area contributed by atoms with Crippen LogP contribution < -0.4 is 14.9 Å². The minimum absolute atomic E-state index is 0.0421. The molecule has 4 rings (SSSR count). The van der Waals surface area contributed by atoms with Crippen molar-refractivity contribution in [3.05, 3.63) is 48.2 Å². The van der Waals surface area contributed by atoms with Crippen molar-refractivity contribution in [3.63, 3.8) is 0 Å². The smallest absolute Gasteiger partial charge is 0.229 e. The maximum atomic E-state index is 12.3. The third-order valence-electron chi connectivity index (χ3n) is 5.19. The summed E-state index contributed by atoms with van der Waals surface area (Å²) in [6.07, 6.45) is 1.82. The van der Waals surface area contributed by atoms with Crippen molar-refractivity contribution < 1.29 is 8.42 Å². The number of likely N-dealkylation sites (N-methyl/N-ethyl adjacent to an activating group) is 1. The Balaban J connectivity index is 1.40. The van der Waals surface area contributed by atoms with E-state index in [1.54, 1.807) is 0 Å². The molecule has 0 amide bonds. The van der Waals surface area contributed by atoms with Gasteiger partial charge in [-0.25, -0.2) is 13.1 Å². The summed E-state index contributed by atoms with van der Waals surface area (Å²) in [5.41, 5.74) is 1.67. The number of rotatable bonds is 8. The van der Waals surface area contributed by atoms with Gasteiger partial charge < -0.3 is 20.1 Å². The van der Waals surface area contributed by atoms with Crippen LogP contribution in [-0.2, 0) is 16.6 Å². The summed E-state index contributed by atoms with van der Waals surface area (Å²) in [7, 11) is -1.30. The summed E-state index contributed by atoms with van der Waals surface area (Å²) in [6, 6.07) is 11.4. The van der Waals surface area contributed by atoms with Crippen LogP contribution in [0, 0.1) is 0 Å². The van der Waals surface area contributed by atoms with E-state index in [9.17, 15) is 8.42 Å². The van der Waals surface area contributed by atoms with E-state index in [1.165, 1.54) is 0 Å². The highest BCUT2D eigenvalue weighted by atomic mass is 32.2. The fraction of sp³-hybridized carbons (Fsp3) is 0.400. The van der Waals surface area contributed by atoms with Crippen molar-refractivity contribution in [2.24, 2.45) is 0 Å². The van der Waals surface area contributed by atoms with Gasteiger partial charge in [0.05, 0.1) is 11.1 Å². The topological polar surface area (TPSA) is 106 Å². The second kappa shape index (κ2) is 8.99. The quantitative estimate of drug-likeness (QED) is 0.495. The SMILES string of the molecule is CN1CCN(c2nc(NCCS(=O)(=O)NCc3ccccc3)c3cc[nH]c3n2)CC1. The molecule has 3 heterocycles. The molecule has 1 aliphatic heterocycles. The van der Waals surface area contributed by atoms with Crippen LogP contribution in [0.15, 0.2) is 42.6 Å². The van der Waals surface area contributed by atoms with Crippen LogP contribution in [0.2, 0.25) is 0 Å². The zero-order valence-electron chi connectivity index (χ0n) is 17.0. The summed E-state index contributed by atoms with van der Waals surface area (Å²) in [4.78, 5) is 16.9. The molecule has 0 atom stereocenters. The molecule has 2 aromatic heterocycles. The first-order chi connectivity index (χ1) is 14.5. The number of H-pyrrole nitrogens is 1. The second-order valence-corrected chi connectivity index (χ2v) is 9.38. The Bertz CT molecular complexity index is 1080. The van der Waals surface area contributed by atoms with Crippen LogP contribution in [0.1, 0.15) is 5.56 Å². The normalized spacial score (nSPS) is 15.6. The van der Waals surface area contributed by atoms with Crippen molar-refractivity contribution >= 4 is 32.8 Å². The van der Waals surface area contributed by atoms with Crippen LogP contribution in [0.3, 0.4) is 0 Å². The van der Waals surface area contributed by atoms with Crippen LogP contribution in [-0.4, -0.2) is 73.8 Å². The first-order valence-corrected chi connectivity index (χ1v) is 11.7. The zero-order chi connectivity index (χ0) is 21.0. The molecule has 0 bridgehead atoms. The fourth-order valence-corrected chi connectivity index (χ4v) is 4.28. The average molecular weight is 430 g/mol. The number of anilines is 2. The van der Waals surface area contributed by atoms with E-state index >= 15 is 0 Å². The Morgan fingerprint density at radius 1 is 1.07 bits per heavy atom. The lowest BCUT2D eigenvalue weighted by atomic mass is 10.2. The molecule has 10 heteroatoms. The predicted molar refractivity (Wildman–Crippen MR) is 119 cm³/mol. The standard InChI is InChI=1S/C20H27N7O2S/c1-26-10-12-27(13-11-26)20-24-18-17(7-8-21-18)19(25-20)22-9-14-30(28,29)23-15-16-5-3-2-4-6-16/h2-8,23H,9-15H2,1H3,(H2,21,22,24,25). The van der Waals surface area contributed by atoms with Crippen molar-refractivity contribution in [3.8, 4) is 0 Å². The Hall–Kier alpha value is -2.69. The van der Waals surface area contributed by atoms with Crippen molar-refractivity contribution in [1.82, 2.24) is 24.6 Å². The van der Waals surface area contributed by atoms with Crippen LogP contribution in [0.5, 0.6) is 0 Å². The number of hydrogen-bond donors (Lipinski definition) is 3. The molecule has 0 unspecified atom stereocenters. The molecule has 3 N–H and O–H groups in total. The third-order valence-corrected chi connectivity index (χ3v) is 6.52. The van der Waals surface area contributed by atoms with Gasteiger partial charge in [0, 0.05) is 45.5 Å². The molecule has 30 heavy (non-hydrogen) atoms. The highest BCUT2D eigenvalue weighted by Gasteiger charge is 2.19. The number of nitrogens with zero attached hydrogens (tertiary/aromatic N) is 4. The van der Waals surface area contributed by atoms with E-state index in [4.69, 9.17) is 0 Å². The summed E-state index contributed by atoms with van der Waals surface area (Å²) < 4.78 is 27.3. The van der Waals surface area contributed by atoms with Gasteiger partial charge >= 0.3 is 0 Å². The number of benzene rings is 1. The Kier molecular flexibility index (Phi) is 6.16. The summed E-state index contributed by atoms with van der Waals surface area (Å²) in [5, 5.41) is 4.04. The van der Waals surface area contributed by atoms with Gasteiger partial charge in [-0.3, -0.25) is 0 Å². The molecule has 1 aromatic carbocycles. The molecular weight excluding hydrogens is 402 g/mol. The molecule has 1 aliphatic rings. The van der Waals surface area contributed by atoms with Gasteiger partial charge in [0.1, 0.15) is 11.5 Å². The average Bonchev–Trinajstić information content (AvgIpc) is 3.22. The Morgan fingerprint density at radius 2 is 1.83 bits per heavy atom. The molecule has 0 saturated carbocycles. The number of sulfonamides is 1. The molecule has 0 aliphatic carbocycles. The van der Waals surface area contributed by atoms with E-state index in [0.717, 1.165) is 42.8 Å². The van der Waals surface area contributed by atoms with Crippen LogP contribution >= 0.6 is 0 Å². The van der Waals surface area contributed by atoms with Crippen molar-refractivity contribution in [2.75, 3.05) is 55.7 Å². The monoisotopic (exact) mass is 429 g/mol. The lowest BCUT2D eigenvalue weighted by Crippen LogP contribution is -2.45. The van der Waals surface area contributed by atoms with Gasteiger partial charge in [-0.05, 0) is 18.7 Å². The molecular formula is C20H27N7O2S. The van der Waals surface area contributed by atoms with Crippen molar-refractivity contribution in [2.45, 2.75) is 6.54 Å². The Labute approximate surface area is 176 Å². The number of nitrogens with one attached hydrogen (secondary N) is 3. The van der Waals surface area contributed by atoms with Gasteiger partial charge in [0.15, 0.2) is 0 Å². The number of aromatic nitrogens is 3. The lowest BCUT2D eigenvalue weighted by Gasteiger charge is -2.32. The molecule has 0 radical (unpaired) electrons. The van der Waals surface area contributed by atoms with E-state index < -0.39 is 10.0 Å². The zero-order valence-corrected chi connectivity index (χ0v) is 17.8. The molecule has 1 saturated heterocycles. The van der Waals surface area contributed by atoms with Crippen LogP contribution in [0.25, 0.3) is 11.0 Å². The first-order valence-electron chi connectivity index (χ1n) is 10.0. The summed E-state index contributed by atoms with van der Waals surface area (Å²) in [6.45, 7) is 4.18. The van der Waals surface area contributed by atoms with Gasteiger partial charge in [-0.2, -0.15) is 9.97 Å². The lowest BCUT2D eigenvalue weighted by molar-refractivity contribution is 0.311. The van der Waals surface area contributed by atoms with E-state index in [0.29, 0.717) is 11.8 Å². The maximum Gasteiger partial charge on any atom is 0.229 e. The minimum atomic E-state index is -3.41. The molecule has 3 aromatic rings. The van der Waals surface area contributed by atoms with Crippen molar-refractivity contribution in [1.29, 1.82) is 0 Å². The number of fused-ring (bicyclic) bond motifs is 1. The van der Waals surface area contributed by atoms with E-state index in [2.05, 4.69) is 41.8 Å². The number of hydrogen-bond acceptors (Lipinski definition) is 7. The molecule has 160 valence electrons. The van der Waals surface area contributed by atoms with Gasteiger partial charge in [-0.1, -0.05) is 30.3 Å². The van der Waals surface area contributed by atoms with E-state index in [-0.39, 0.29) is 18.8 Å². The Morgan fingerprint density at radius 3 is 2.60 bits per heavy atom. The first kappa shape index (κ1) is 20.6. The molecule has 0 spiro atoms. The summed E-state index contributed by atoms with van der Waals surface area (Å²) >= 11 is 0. The summed E-state index contributed by atoms with van der Waals surface area (Å²) in [5.74, 6) is 1.26. The molecule has 1 fully saturated rings. The predicted octanol–water partition coefficient (Wildman–Crippen LogP) is 1.24. The molecule has 9 nitrogen and oxygen atoms in total. The van der Waals surface area contributed by atoms with Gasteiger partial charge in [0.25, 0.3) is 0 Å². The number of piperazine rings is 1. The number of aromatic amines is 1. The third kappa shape index (κ3) is 5.07. The largest absolute Gasteiger partial charge is 0.368 e. The van der Waals surface area contributed by atoms with Crippen LogP contribution in [0.4, 0.5) is 11.8 Å². The van der Waals surface area contributed by atoms with E-state index in [1.807, 2.05) is 42.6 Å². The highest BCUT2D eigenvalue weighted by Crippen LogP contribution is 2.23. The second-order valence-electron chi connectivity index (χ2n) is 7.45. The van der Waals surface area contributed by atoms with Gasteiger partial charge in [-0.15, -0.1) is 0 Å². The highest BCUT2D eigenvalue weighted by molar-refractivity contribution is 7.89. The minimum Gasteiger partial charge on any atom is -0.368 e.